The van der Waals surface area contributed by atoms with Gasteiger partial charge in [0.15, 0.2) is 17.1 Å². The van der Waals surface area contributed by atoms with E-state index in [0.717, 1.165) is 0 Å². The fraction of sp³-hybridized carbons (Fsp3) is 0.333. The van der Waals surface area contributed by atoms with Crippen LogP contribution in [0.4, 0.5) is 30.7 Å². The predicted molar refractivity (Wildman–Crippen MR) is 60.7 cm³/mol. The Morgan fingerprint density at radius 2 is 1.74 bits per heavy atom. The topological polar surface area (TPSA) is 55.4 Å². The average molecular weight is 347 g/mol. The van der Waals surface area contributed by atoms with Crippen LogP contribution in [0.15, 0.2) is 18.2 Å². The molecule has 0 fully saturated rings. The summed E-state index contributed by atoms with van der Waals surface area (Å²) in [7, 11) is 0. The Hall–Kier alpha value is -2.33. The van der Waals surface area contributed by atoms with Crippen molar-refractivity contribution in [2.75, 3.05) is 0 Å². The maximum absolute atomic E-state index is 13.5. The lowest BCUT2D eigenvalue weighted by atomic mass is 9.91. The van der Waals surface area contributed by atoms with Gasteiger partial charge in [0.25, 0.3) is 5.91 Å². The fourth-order valence-corrected chi connectivity index (χ4v) is 1.60. The maximum atomic E-state index is 13.5. The summed E-state index contributed by atoms with van der Waals surface area (Å²) < 4.78 is 92.2. The molecule has 1 aromatic rings. The second-order valence-electron chi connectivity index (χ2n) is 4.42. The molecule has 0 saturated heterocycles. The van der Waals surface area contributed by atoms with Crippen LogP contribution in [-0.4, -0.2) is 24.7 Å². The number of carbonyl (C=O) groups is 2. The molecule has 23 heavy (non-hydrogen) atoms. The molecule has 1 N–H and O–H groups in total. The summed E-state index contributed by atoms with van der Waals surface area (Å²) in [4.78, 5) is 21.2. The Labute approximate surface area is 124 Å². The lowest BCUT2D eigenvalue weighted by Gasteiger charge is -2.33. The van der Waals surface area contributed by atoms with Crippen LogP contribution in [0.5, 0.6) is 5.75 Å². The van der Waals surface area contributed by atoms with Crippen molar-refractivity contribution in [3.63, 3.8) is 0 Å². The van der Waals surface area contributed by atoms with Crippen LogP contribution >= 0.6 is 0 Å². The predicted octanol–water partition coefficient (Wildman–Crippen LogP) is 2.82. The van der Waals surface area contributed by atoms with E-state index < -0.39 is 47.4 Å². The Balaban J connectivity index is 3.31. The van der Waals surface area contributed by atoms with Gasteiger partial charge in [-0.1, -0.05) is 6.07 Å². The zero-order chi connectivity index (χ0) is 18.1. The highest BCUT2D eigenvalue weighted by Gasteiger charge is 2.53. The van der Waals surface area contributed by atoms with Crippen molar-refractivity contribution in [3.8, 4) is 5.75 Å². The monoisotopic (exact) mass is 347 g/mol. The first-order chi connectivity index (χ1) is 10.3. The number of rotatable bonds is 4. The van der Waals surface area contributed by atoms with Crippen molar-refractivity contribution in [3.05, 3.63) is 29.6 Å². The van der Waals surface area contributed by atoms with Crippen molar-refractivity contribution < 1.29 is 45.1 Å². The van der Waals surface area contributed by atoms with Gasteiger partial charge < -0.3 is 10.1 Å². The summed E-state index contributed by atoms with van der Waals surface area (Å²) >= 11 is 0. The second-order valence-corrected chi connectivity index (χ2v) is 4.42. The lowest BCUT2D eigenvalue weighted by Crippen LogP contribution is -2.54. The van der Waals surface area contributed by atoms with E-state index >= 15 is 0 Å². The summed E-state index contributed by atoms with van der Waals surface area (Å²) in [5.41, 5.74) is -4.12. The van der Waals surface area contributed by atoms with Gasteiger partial charge in [-0.2, -0.15) is 13.2 Å². The molecule has 1 amide bonds. The summed E-state index contributed by atoms with van der Waals surface area (Å²) in [6.07, 6.45) is -10.8. The van der Waals surface area contributed by atoms with Gasteiger partial charge in [0.1, 0.15) is 0 Å². The third-order valence-corrected chi connectivity index (χ3v) is 2.78. The summed E-state index contributed by atoms with van der Waals surface area (Å²) in [5, 5.41) is 1.33. The summed E-state index contributed by atoms with van der Waals surface area (Å²) in [5.74, 6) is -4.70. The van der Waals surface area contributed by atoms with Crippen LogP contribution < -0.4 is 10.1 Å². The van der Waals surface area contributed by atoms with Gasteiger partial charge in [0.2, 0.25) is 6.29 Å². The first-order valence-corrected chi connectivity index (χ1v) is 5.70. The van der Waals surface area contributed by atoms with Gasteiger partial charge in [-0.05, 0) is 24.6 Å². The minimum Gasteiger partial charge on any atom is -0.403 e. The van der Waals surface area contributed by atoms with Gasteiger partial charge in [0.05, 0.1) is 0 Å². The number of halogens is 7. The van der Waals surface area contributed by atoms with E-state index in [-0.39, 0.29) is 6.07 Å². The number of nitrogens with one attached hydrogen (secondary N) is 1. The number of benzene rings is 1. The smallest absolute Gasteiger partial charge is 0.403 e. The van der Waals surface area contributed by atoms with Crippen molar-refractivity contribution in [2.24, 2.45) is 0 Å². The van der Waals surface area contributed by atoms with E-state index in [1.165, 1.54) is 5.32 Å². The highest BCUT2D eigenvalue weighted by molar-refractivity contribution is 6.23. The Morgan fingerprint density at radius 3 is 2.13 bits per heavy atom. The Kier molecular flexibility index (Phi) is 4.92. The third-order valence-electron chi connectivity index (χ3n) is 2.78. The van der Waals surface area contributed by atoms with Gasteiger partial charge in [-0.15, -0.1) is 13.2 Å². The quantitative estimate of drug-likeness (QED) is 0.518. The highest BCUT2D eigenvalue weighted by Crippen LogP contribution is 2.40. The minimum absolute atomic E-state index is 0.125. The van der Waals surface area contributed by atoms with Gasteiger partial charge in [-0.3, -0.25) is 9.59 Å². The largest absolute Gasteiger partial charge is 0.573 e. The highest BCUT2D eigenvalue weighted by atomic mass is 19.4. The number of carbonyl (C=O) groups excluding carboxylic acids is 2. The molecule has 0 radical (unpaired) electrons. The SMILES string of the molecule is CC(NC(=O)C=O)(c1ccc(OC(F)(F)F)c(F)c1)C(F)(F)F. The average Bonchev–Trinajstić information content (AvgIpc) is 2.38. The zero-order valence-corrected chi connectivity index (χ0v) is 11.2. The molecule has 0 aliphatic heterocycles. The first kappa shape index (κ1) is 18.7. The van der Waals surface area contributed by atoms with Crippen molar-refractivity contribution in [1.82, 2.24) is 5.32 Å². The van der Waals surface area contributed by atoms with E-state index in [1.54, 1.807) is 0 Å². The van der Waals surface area contributed by atoms with Crippen LogP contribution in [0.25, 0.3) is 0 Å². The number of aldehydes is 1. The minimum atomic E-state index is -5.23. The Morgan fingerprint density at radius 1 is 1.17 bits per heavy atom. The molecule has 0 aromatic heterocycles. The van der Waals surface area contributed by atoms with Crippen LogP contribution in [0.1, 0.15) is 12.5 Å². The van der Waals surface area contributed by atoms with E-state index in [0.29, 0.717) is 19.1 Å². The third kappa shape index (κ3) is 4.33. The zero-order valence-electron chi connectivity index (χ0n) is 11.2. The molecule has 0 aliphatic rings. The van der Waals surface area contributed by atoms with Crippen molar-refractivity contribution in [2.45, 2.75) is 25.0 Å². The first-order valence-electron chi connectivity index (χ1n) is 5.70. The molecule has 128 valence electrons. The van der Waals surface area contributed by atoms with E-state index in [4.69, 9.17) is 0 Å². The molecule has 1 atom stereocenters. The second kappa shape index (κ2) is 6.05. The van der Waals surface area contributed by atoms with Gasteiger partial charge >= 0.3 is 12.5 Å². The molecule has 4 nitrogen and oxygen atoms in total. The molecule has 0 heterocycles. The lowest BCUT2D eigenvalue weighted by molar-refractivity contribution is -0.275. The molecule has 0 bridgehead atoms. The van der Waals surface area contributed by atoms with Gasteiger partial charge in [0, 0.05) is 0 Å². The van der Waals surface area contributed by atoms with E-state index in [2.05, 4.69) is 4.74 Å². The van der Waals surface area contributed by atoms with E-state index in [1.807, 2.05) is 0 Å². The molecular formula is C12H8F7NO3. The van der Waals surface area contributed by atoms with Crippen LogP contribution in [0.2, 0.25) is 0 Å². The van der Waals surface area contributed by atoms with Crippen LogP contribution in [0, 0.1) is 5.82 Å². The number of alkyl halides is 6. The fourth-order valence-electron chi connectivity index (χ4n) is 1.60. The maximum Gasteiger partial charge on any atom is 0.573 e. The molecule has 0 spiro atoms. The molecule has 0 aliphatic carbocycles. The normalized spacial score (nSPS) is 14.8. The number of ether oxygens (including phenoxy) is 1. The summed E-state index contributed by atoms with van der Waals surface area (Å²) in [6.45, 7) is 0.424. The Bertz CT molecular complexity index is 612. The van der Waals surface area contributed by atoms with Crippen LogP contribution in [-0.2, 0) is 15.1 Å². The van der Waals surface area contributed by atoms with Crippen molar-refractivity contribution in [1.29, 1.82) is 0 Å². The molecule has 1 rings (SSSR count). The molecule has 1 aromatic carbocycles. The number of hydrogen-bond donors (Lipinski definition) is 1. The summed E-state index contributed by atoms with van der Waals surface area (Å²) in [6, 6.07) is 0.942. The number of amides is 1. The van der Waals surface area contributed by atoms with Gasteiger partial charge in [-0.25, -0.2) is 4.39 Å². The van der Waals surface area contributed by atoms with E-state index in [9.17, 15) is 40.3 Å². The standard InChI is InChI=1S/C12H8F7NO3/c1-10(11(14,15)16,20-9(22)5-21)6-2-3-8(7(13)4-6)23-12(17,18)19/h2-5H,1H3,(H,20,22). The molecular weight excluding hydrogens is 339 g/mol. The van der Waals surface area contributed by atoms with Crippen molar-refractivity contribution >= 4 is 12.2 Å². The molecule has 0 saturated carbocycles. The van der Waals surface area contributed by atoms with Crippen LogP contribution in [0.3, 0.4) is 0 Å². The number of hydrogen-bond acceptors (Lipinski definition) is 3. The molecule has 11 heteroatoms. The molecule has 1 unspecified atom stereocenters.